The van der Waals surface area contributed by atoms with Crippen molar-refractivity contribution in [2.75, 3.05) is 6.54 Å². The molecule has 1 unspecified atom stereocenters. The van der Waals surface area contributed by atoms with Crippen LogP contribution in [0, 0.1) is 11.8 Å². The van der Waals surface area contributed by atoms with Gasteiger partial charge in [-0.2, -0.15) is 0 Å². The van der Waals surface area contributed by atoms with Crippen molar-refractivity contribution < 1.29 is 0 Å². The van der Waals surface area contributed by atoms with Gasteiger partial charge in [-0.25, -0.2) is 0 Å². The van der Waals surface area contributed by atoms with Crippen LogP contribution >= 0.6 is 0 Å². The molecule has 0 spiro atoms. The van der Waals surface area contributed by atoms with E-state index in [0.717, 1.165) is 11.1 Å². The molecule has 0 heterocycles. The van der Waals surface area contributed by atoms with Crippen molar-refractivity contribution in [1.29, 1.82) is 0 Å². The summed E-state index contributed by atoms with van der Waals surface area (Å²) >= 11 is 0. The van der Waals surface area contributed by atoms with Gasteiger partial charge < -0.3 is 5.73 Å². The summed E-state index contributed by atoms with van der Waals surface area (Å²) < 4.78 is 0. The highest BCUT2D eigenvalue weighted by Crippen LogP contribution is 2.18. The standard InChI is InChI=1S/C17H17N/c1-14(13-18)17-10-6-5-9-16(17)12-11-15-7-3-2-4-8-15/h2-10,14H,13,18H2,1H3. The molecule has 1 atom stereocenters. The molecule has 0 aliphatic rings. The van der Waals surface area contributed by atoms with Gasteiger partial charge in [0.2, 0.25) is 0 Å². The minimum absolute atomic E-state index is 0.339. The molecule has 2 aromatic carbocycles. The Kier molecular flexibility index (Phi) is 4.17. The van der Waals surface area contributed by atoms with Gasteiger partial charge in [0.05, 0.1) is 0 Å². The first kappa shape index (κ1) is 12.4. The van der Waals surface area contributed by atoms with Gasteiger partial charge in [0, 0.05) is 11.1 Å². The molecule has 1 heteroatoms. The van der Waals surface area contributed by atoms with E-state index in [0.29, 0.717) is 12.5 Å². The highest BCUT2D eigenvalue weighted by atomic mass is 14.5. The Labute approximate surface area is 109 Å². The van der Waals surface area contributed by atoms with Crippen LogP contribution in [0.3, 0.4) is 0 Å². The van der Waals surface area contributed by atoms with E-state index >= 15 is 0 Å². The van der Waals surface area contributed by atoms with Crippen LogP contribution in [0.15, 0.2) is 54.6 Å². The molecule has 2 aromatic rings. The van der Waals surface area contributed by atoms with Gasteiger partial charge >= 0.3 is 0 Å². The van der Waals surface area contributed by atoms with Crippen LogP contribution in [0.5, 0.6) is 0 Å². The lowest BCUT2D eigenvalue weighted by Gasteiger charge is -2.10. The van der Waals surface area contributed by atoms with Gasteiger partial charge in [0.1, 0.15) is 0 Å². The van der Waals surface area contributed by atoms with Gasteiger partial charge in [0.15, 0.2) is 0 Å². The minimum atomic E-state index is 0.339. The summed E-state index contributed by atoms with van der Waals surface area (Å²) in [5, 5.41) is 0. The third-order valence-electron chi connectivity index (χ3n) is 2.96. The Morgan fingerprint density at radius 2 is 1.61 bits per heavy atom. The van der Waals surface area contributed by atoms with Gasteiger partial charge in [0.25, 0.3) is 0 Å². The zero-order valence-electron chi connectivity index (χ0n) is 10.6. The summed E-state index contributed by atoms with van der Waals surface area (Å²) in [5.74, 6) is 6.77. The first-order valence-corrected chi connectivity index (χ1v) is 6.17. The molecule has 0 bridgehead atoms. The van der Waals surface area contributed by atoms with E-state index in [1.54, 1.807) is 0 Å². The maximum Gasteiger partial charge on any atom is 0.0284 e. The third kappa shape index (κ3) is 3.00. The first-order valence-electron chi connectivity index (χ1n) is 6.17. The Balaban J connectivity index is 2.33. The van der Waals surface area contributed by atoms with Crippen molar-refractivity contribution >= 4 is 0 Å². The summed E-state index contributed by atoms with van der Waals surface area (Å²) in [6, 6.07) is 18.2. The molecule has 0 saturated heterocycles. The monoisotopic (exact) mass is 235 g/mol. The van der Waals surface area contributed by atoms with Crippen molar-refractivity contribution in [3.05, 3.63) is 71.3 Å². The van der Waals surface area contributed by atoms with Crippen LogP contribution in [0.25, 0.3) is 0 Å². The fraction of sp³-hybridized carbons (Fsp3) is 0.176. The Bertz CT molecular complexity index is 561. The van der Waals surface area contributed by atoms with Gasteiger partial charge in [-0.15, -0.1) is 0 Å². The fourth-order valence-electron chi connectivity index (χ4n) is 1.83. The zero-order valence-corrected chi connectivity index (χ0v) is 10.6. The number of benzene rings is 2. The van der Waals surface area contributed by atoms with E-state index < -0.39 is 0 Å². The second-order valence-electron chi connectivity index (χ2n) is 4.34. The summed E-state index contributed by atoms with van der Waals surface area (Å²) in [7, 11) is 0. The summed E-state index contributed by atoms with van der Waals surface area (Å²) in [6.45, 7) is 2.77. The van der Waals surface area contributed by atoms with Crippen LogP contribution in [0.1, 0.15) is 29.5 Å². The Hall–Kier alpha value is -2.04. The van der Waals surface area contributed by atoms with E-state index in [1.165, 1.54) is 5.56 Å². The second kappa shape index (κ2) is 6.05. The molecule has 1 nitrogen and oxygen atoms in total. The van der Waals surface area contributed by atoms with Crippen LogP contribution in [-0.4, -0.2) is 6.54 Å². The van der Waals surface area contributed by atoms with E-state index in [4.69, 9.17) is 5.73 Å². The van der Waals surface area contributed by atoms with E-state index in [2.05, 4.69) is 30.9 Å². The van der Waals surface area contributed by atoms with Crippen molar-refractivity contribution in [1.82, 2.24) is 0 Å². The molecule has 0 aliphatic heterocycles. The van der Waals surface area contributed by atoms with Gasteiger partial charge in [-0.05, 0) is 36.2 Å². The highest BCUT2D eigenvalue weighted by Gasteiger charge is 2.06. The first-order chi connectivity index (χ1) is 8.81. The number of hydrogen-bond acceptors (Lipinski definition) is 1. The second-order valence-corrected chi connectivity index (χ2v) is 4.34. The molecule has 0 radical (unpaired) electrons. The number of nitrogens with two attached hydrogens (primary N) is 1. The molecule has 0 saturated carbocycles. The predicted molar refractivity (Wildman–Crippen MR) is 76.3 cm³/mol. The van der Waals surface area contributed by atoms with Gasteiger partial charge in [-0.3, -0.25) is 0 Å². The van der Waals surface area contributed by atoms with E-state index in [1.807, 2.05) is 42.5 Å². The SMILES string of the molecule is CC(CN)c1ccccc1C#Cc1ccccc1. The molecular weight excluding hydrogens is 218 g/mol. The van der Waals surface area contributed by atoms with Crippen LogP contribution in [0.2, 0.25) is 0 Å². The molecule has 18 heavy (non-hydrogen) atoms. The lowest BCUT2D eigenvalue weighted by molar-refractivity contribution is 0.772. The number of hydrogen-bond donors (Lipinski definition) is 1. The highest BCUT2D eigenvalue weighted by molar-refractivity contribution is 5.47. The fourth-order valence-corrected chi connectivity index (χ4v) is 1.83. The van der Waals surface area contributed by atoms with Crippen LogP contribution in [0.4, 0.5) is 0 Å². The quantitative estimate of drug-likeness (QED) is 0.795. The molecule has 0 aromatic heterocycles. The summed E-state index contributed by atoms with van der Waals surface area (Å²) in [5.41, 5.74) is 9.06. The summed E-state index contributed by atoms with van der Waals surface area (Å²) in [4.78, 5) is 0. The van der Waals surface area contributed by atoms with E-state index in [-0.39, 0.29) is 0 Å². The van der Waals surface area contributed by atoms with Crippen molar-refractivity contribution in [3.63, 3.8) is 0 Å². The Morgan fingerprint density at radius 3 is 2.33 bits per heavy atom. The van der Waals surface area contributed by atoms with Crippen molar-refractivity contribution in [2.24, 2.45) is 5.73 Å². The molecule has 0 amide bonds. The average molecular weight is 235 g/mol. The molecular formula is C17H17N. The van der Waals surface area contributed by atoms with Crippen LogP contribution in [-0.2, 0) is 0 Å². The molecule has 0 fully saturated rings. The normalized spacial score (nSPS) is 11.4. The lowest BCUT2D eigenvalue weighted by atomic mass is 9.96. The topological polar surface area (TPSA) is 26.0 Å². The van der Waals surface area contributed by atoms with Gasteiger partial charge in [-0.1, -0.05) is 55.2 Å². The Morgan fingerprint density at radius 1 is 0.944 bits per heavy atom. The molecule has 0 aliphatic carbocycles. The third-order valence-corrected chi connectivity index (χ3v) is 2.96. The predicted octanol–water partition coefficient (Wildman–Crippen LogP) is 3.15. The maximum absolute atomic E-state index is 5.73. The molecule has 2 N–H and O–H groups in total. The van der Waals surface area contributed by atoms with Crippen molar-refractivity contribution in [2.45, 2.75) is 12.8 Å². The number of rotatable bonds is 2. The molecule has 90 valence electrons. The minimum Gasteiger partial charge on any atom is -0.330 e. The zero-order chi connectivity index (χ0) is 12.8. The summed E-state index contributed by atoms with van der Waals surface area (Å²) in [6.07, 6.45) is 0. The van der Waals surface area contributed by atoms with E-state index in [9.17, 15) is 0 Å². The maximum atomic E-state index is 5.73. The smallest absolute Gasteiger partial charge is 0.0284 e. The molecule has 2 rings (SSSR count). The largest absolute Gasteiger partial charge is 0.330 e. The van der Waals surface area contributed by atoms with Crippen LogP contribution < -0.4 is 5.73 Å². The van der Waals surface area contributed by atoms with Crippen molar-refractivity contribution in [3.8, 4) is 11.8 Å². The average Bonchev–Trinajstić information content (AvgIpc) is 2.45. The lowest BCUT2D eigenvalue weighted by Crippen LogP contribution is -2.10.